The summed E-state index contributed by atoms with van der Waals surface area (Å²) in [7, 11) is 0. The molecule has 1 aliphatic heterocycles. The minimum absolute atomic E-state index is 0.00279. The second-order valence-corrected chi connectivity index (χ2v) is 5.58. The molecule has 1 N–H and O–H groups in total. The summed E-state index contributed by atoms with van der Waals surface area (Å²) in [6.45, 7) is 4.85. The first-order valence-corrected chi connectivity index (χ1v) is 7.39. The third kappa shape index (κ3) is 3.97. The molecule has 0 bridgehead atoms. The Bertz CT molecular complexity index is 414. The molecule has 0 atom stereocenters. The zero-order valence-corrected chi connectivity index (χ0v) is 12.2. The third-order valence-corrected chi connectivity index (χ3v) is 3.91. The summed E-state index contributed by atoms with van der Waals surface area (Å²) in [5, 5.41) is 9.19. The first kappa shape index (κ1) is 14.9. The Kier molecular flexibility index (Phi) is 5.41. The number of amides is 2. The van der Waals surface area contributed by atoms with Crippen molar-refractivity contribution >= 4 is 6.03 Å². The topological polar surface area (TPSA) is 43.8 Å². The van der Waals surface area contributed by atoms with E-state index in [4.69, 9.17) is 0 Å². The Morgan fingerprint density at radius 2 is 1.95 bits per heavy atom. The molecule has 1 aliphatic rings. The standard InChI is InChI=1S/C16H24N2O2/c1-14-7-9-17(10-8-14)16(20)18(11-12-19)13-15-5-3-2-4-6-15/h2-6,14,19H,7-13H2,1H3. The van der Waals surface area contributed by atoms with E-state index in [1.807, 2.05) is 35.2 Å². The predicted octanol–water partition coefficient (Wildman–Crippen LogP) is 2.33. The van der Waals surface area contributed by atoms with E-state index in [1.54, 1.807) is 4.90 Å². The first-order chi connectivity index (χ1) is 9.70. The summed E-state index contributed by atoms with van der Waals surface area (Å²) in [4.78, 5) is 16.2. The molecule has 1 fully saturated rings. The first-order valence-electron chi connectivity index (χ1n) is 7.39. The molecule has 1 heterocycles. The molecule has 110 valence electrons. The van der Waals surface area contributed by atoms with Crippen molar-refractivity contribution in [1.29, 1.82) is 0 Å². The van der Waals surface area contributed by atoms with Crippen molar-refractivity contribution in [1.82, 2.24) is 9.80 Å². The number of likely N-dealkylation sites (tertiary alicyclic amines) is 1. The van der Waals surface area contributed by atoms with Crippen LogP contribution in [0.25, 0.3) is 0 Å². The Morgan fingerprint density at radius 3 is 2.55 bits per heavy atom. The van der Waals surface area contributed by atoms with Crippen LogP contribution < -0.4 is 0 Å². The number of carbonyl (C=O) groups excluding carboxylic acids is 1. The van der Waals surface area contributed by atoms with Crippen LogP contribution in [0.3, 0.4) is 0 Å². The lowest BCUT2D eigenvalue weighted by Gasteiger charge is -2.34. The number of hydrogen-bond donors (Lipinski definition) is 1. The lowest BCUT2D eigenvalue weighted by atomic mass is 9.99. The molecule has 0 radical (unpaired) electrons. The van der Waals surface area contributed by atoms with Gasteiger partial charge in [-0.15, -0.1) is 0 Å². The second-order valence-electron chi connectivity index (χ2n) is 5.58. The molecule has 1 saturated heterocycles. The maximum Gasteiger partial charge on any atom is 0.320 e. The van der Waals surface area contributed by atoms with E-state index < -0.39 is 0 Å². The number of carbonyl (C=O) groups is 1. The number of piperidine rings is 1. The summed E-state index contributed by atoms with van der Waals surface area (Å²) >= 11 is 0. The van der Waals surface area contributed by atoms with Gasteiger partial charge in [0, 0.05) is 26.2 Å². The van der Waals surface area contributed by atoms with Crippen molar-refractivity contribution in [3.05, 3.63) is 35.9 Å². The molecule has 20 heavy (non-hydrogen) atoms. The molecule has 0 spiro atoms. The molecule has 0 unspecified atom stereocenters. The summed E-state index contributed by atoms with van der Waals surface area (Å²) in [6, 6.07) is 9.98. The molecule has 0 aliphatic carbocycles. The van der Waals surface area contributed by atoms with Crippen LogP contribution in [0.4, 0.5) is 4.79 Å². The van der Waals surface area contributed by atoms with Crippen LogP contribution in [0, 0.1) is 5.92 Å². The van der Waals surface area contributed by atoms with Crippen molar-refractivity contribution in [2.45, 2.75) is 26.3 Å². The Morgan fingerprint density at radius 1 is 1.30 bits per heavy atom. The van der Waals surface area contributed by atoms with Crippen molar-refractivity contribution in [2.24, 2.45) is 5.92 Å². The van der Waals surface area contributed by atoms with Gasteiger partial charge >= 0.3 is 6.03 Å². The molecule has 2 rings (SSSR count). The van der Waals surface area contributed by atoms with Gasteiger partial charge in [0.1, 0.15) is 0 Å². The number of benzene rings is 1. The fourth-order valence-corrected chi connectivity index (χ4v) is 2.57. The molecule has 4 heteroatoms. The minimum Gasteiger partial charge on any atom is -0.395 e. The number of urea groups is 1. The highest BCUT2D eigenvalue weighted by molar-refractivity contribution is 5.74. The summed E-state index contributed by atoms with van der Waals surface area (Å²) in [5.74, 6) is 0.708. The fraction of sp³-hybridized carbons (Fsp3) is 0.562. The lowest BCUT2D eigenvalue weighted by Crippen LogP contribution is -2.47. The van der Waals surface area contributed by atoms with Crippen LogP contribution in [-0.2, 0) is 6.54 Å². The lowest BCUT2D eigenvalue weighted by molar-refractivity contribution is 0.122. The van der Waals surface area contributed by atoms with E-state index in [2.05, 4.69) is 6.92 Å². The number of aliphatic hydroxyl groups is 1. The van der Waals surface area contributed by atoms with E-state index in [9.17, 15) is 9.90 Å². The van der Waals surface area contributed by atoms with Gasteiger partial charge in [-0.05, 0) is 24.3 Å². The van der Waals surface area contributed by atoms with E-state index in [0.717, 1.165) is 31.5 Å². The second kappa shape index (κ2) is 7.29. The normalized spacial score (nSPS) is 16.2. The predicted molar refractivity (Wildman–Crippen MR) is 79.3 cm³/mol. The molecule has 4 nitrogen and oxygen atoms in total. The van der Waals surface area contributed by atoms with Crippen molar-refractivity contribution in [2.75, 3.05) is 26.2 Å². The molecule has 0 aromatic heterocycles. The van der Waals surface area contributed by atoms with Gasteiger partial charge in [0.25, 0.3) is 0 Å². The molecular weight excluding hydrogens is 252 g/mol. The zero-order valence-electron chi connectivity index (χ0n) is 12.2. The summed E-state index contributed by atoms with van der Waals surface area (Å²) in [5.41, 5.74) is 1.10. The van der Waals surface area contributed by atoms with Crippen LogP contribution >= 0.6 is 0 Å². The summed E-state index contributed by atoms with van der Waals surface area (Å²) in [6.07, 6.45) is 2.15. The monoisotopic (exact) mass is 276 g/mol. The largest absolute Gasteiger partial charge is 0.395 e. The van der Waals surface area contributed by atoms with Gasteiger partial charge in [0.2, 0.25) is 0 Å². The van der Waals surface area contributed by atoms with Gasteiger partial charge in [0.05, 0.1) is 6.61 Å². The molecule has 1 aromatic carbocycles. The molecular formula is C16H24N2O2. The van der Waals surface area contributed by atoms with Gasteiger partial charge in [-0.25, -0.2) is 4.79 Å². The van der Waals surface area contributed by atoms with Gasteiger partial charge in [0.15, 0.2) is 0 Å². The van der Waals surface area contributed by atoms with Crippen LogP contribution in [0.2, 0.25) is 0 Å². The number of rotatable bonds is 4. The molecule has 0 saturated carbocycles. The van der Waals surface area contributed by atoms with Crippen LogP contribution in [0.1, 0.15) is 25.3 Å². The maximum absolute atomic E-state index is 12.5. The highest BCUT2D eigenvalue weighted by Gasteiger charge is 2.24. The Labute approximate surface area is 121 Å². The van der Waals surface area contributed by atoms with Gasteiger partial charge in [-0.2, -0.15) is 0 Å². The van der Waals surface area contributed by atoms with Crippen LogP contribution in [0.5, 0.6) is 0 Å². The van der Waals surface area contributed by atoms with Crippen molar-refractivity contribution < 1.29 is 9.90 Å². The van der Waals surface area contributed by atoms with Gasteiger partial charge in [-0.1, -0.05) is 37.3 Å². The van der Waals surface area contributed by atoms with Crippen LogP contribution in [0.15, 0.2) is 30.3 Å². The smallest absolute Gasteiger partial charge is 0.320 e. The third-order valence-electron chi connectivity index (χ3n) is 3.91. The SMILES string of the molecule is CC1CCN(C(=O)N(CCO)Cc2ccccc2)CC1. The van der Waals surface area contributed by atoms with Gasteiger partial charge < -0.3 is 14.9 Å². The Balaban J connectivity index is 1.98. The molecule has 1 aromatic rings. The highest BCUT2D eigenvalue weighted by atomic mass is 16.3. The zero-order chi connectivity index (χ0) is 14.4. The van der Waals surface area contributed by atoms with E-state index >= 15 is 0 Å². The van der Waals surface area contributed by atoms with Gasteiger partial charge in [-0.3, -0.25) is 0 Å². The van der Waals surface area contributed by atoms with E-state index in [1.165, 1.54) is 0 Å². The minimum atomic E-state index is 0.00279. The summed E-state index contributed by atoms with van der Waals surface area (Å²) < 4.78 is 0. The van der Waals surface area contributed by atoms with Crippen molar-refractivity contribution in [3.8, 4) is 0 Å². The number of nitrogens with zero attached hydrogens (tertiary/aromatic N) is 2. The average molecular weight is 276 g/mol. The number of hydrogen-bond acceptors (Lipinski definition) is 2. The van der Waals surface area contributed by atoms with E-state index in [0.29, 0.717) is 19.0 Å². The quantitative estimate of drug-likeness (QED) is 0.917. The molecule has 2 amide bonds. The number of aliphatic hydroxyl groups excluding tert-OH is 1. The van der Waals surface area contributed by atoms with Crippen LogP contribution in [-0.4, -0.2) is 47.2 Å². The van der Waals surface area contributed by atoms with Crippen molar-refractivity contribution in [3.63, 3.8) is 0 Å². The fourth-order valence-electron chi connectivity index (χ4n) is 2.57. The average Bonchev–Trinajstić information content (AvgIpc) is 2.48. The highest BCUT2D eigenvalue weighted by Crippen LogP contribution is 2.18. The Hall–Kier alpha value is -1.55. The van der Waals surface area contributed by atoms with E-state index in [-0.39, 0.29) is 12.6 Å². The maximum atomic E-state index is 12.5.